The number of benzene rings is 2. The second kappa shape index (κ2) is 13.1. The first-order valence-electron chi connectivity index (χ1n) is 13.6. The summed E-state index contributed by atoms with van der Waals surface area (Å²) >= 11 is 1.34. The molecule has 2 aliphatic rings. The van der Waals surface area contributed by atoms with Gasteiger partial charge in [-0.2, -0.15) is 10.2 Å². The maximum Gasteiger partial charge on any atom is 0.410 e. The third kappa shape index (κ3) is 6.41. The SMILES string of the molecule is CSc1nc2c(c(N3CCN(C(=O)OCc4ccccc4)[C@@H](CC#N)C3)n1)CCC(c1c(F)cccc1OC(C)=O)O2. The lowest BCUT2D eigenvalue weighted by molar-refractivity contribution is -0.132. The molecule has 3 aromatic rings. The Morgan fingerprint density at radius 3 is 2.71 bits per heavy atom. The summed E-state index contributed by atoms with van der Waals surface area (Å²) in [7, 11) is 0. The number of esters is 1. The van der Waals surface area contributed by atoms with Crippen LogP contribution in [0.5, 0.6) is 11.6 Å². The molecular formula is C30H30FN5O5S. The molecule has 0 bridgehead atoms. The number of ether oxygens (including phenoxy) is 3. The van der Waals surface area contributed by atoms with Crippen LogP contribution in [-0.4, -0.2) is 58.9 Å². The fourth-order valence-electron chi connectivity index (χ4n) is 5.22. The van der Waals surface area contributed by atoms with Gasteiger partial charge in [-0.25, -0.2) is 14.2 Å². The molecule has 1 unspecified atom stereocenters. The summed E-state index contributed by atoms with van der Waals surface area (Å²) in [4.78, 5) is 37.6. The number of aromatic nitrogens is 2. The number of carbonyl (C=O) groups excluding carboxylic acids is 2. The molecule has 0 spiro atoms. The lowest BCUT2D eigenvalue weighted by Gasteiger charge is -2.41. The highest BCUT2D eigenvalue weighted by Crippen LogP contribution is 2.42. The van der Waals surface area contributed by atoms with E-state index in [2.05, 4.69) is 11.1 Å². The second-order valence-corrected chi connectivity index (χ2v) is 10.7. The first kappa shape index (κ1) is 29.1. The van der Waals surface area contributed by atoms with Gasteiger partial charge in [-0.05, 0) is 36.8 Å². The number of fused-ring (bicyclic) bond motifs is 1. The van der Waals surface area contributed by atoms with Crippen molar-refractivity contribution >= 4 is 29.6 Å². The zero-order valence-electron chi connectivity index (χ0n) is 23.3. The van der Waals surface area contributed by atoms with Gasteiger partial charge in [-0.3, -0.25) is 4.79 Å². The third-order valence-corrected chi connectivity index (χ3v) is 7.70. The molecule has 10 nitrogen and oxygen atoms in total. The van der Waals surface area contributed by atoms with Gasteiger partial charge in [-0.15, -0.1) is 0 Å². The van der Waals surface area contributed by atoms with Crippen LogP contribution in [-0.2, 0) is 22.6 Å². The largest absolute Gasteiger partial charge is 0.469 e. The molecule has 218 valence electrons. The molecule has 1 saturated heterocycles. The molecule has 2 aromatic carbocycles. The van der Waals surface area contributed by atoms with Crippen LogP contribution in [0.4, 0.5) is 15.0 Å². The quantitative estimate of drug-likeness (QED) is 0.159. The van der Waals surface area contributed by atoms with Crippen LogP contribution >= 0.6 is 11.8 Å². The van der Waals surface area contributed by atoms with Crippen LogP contribution in [0.2, 0.25) is 0 Å². The Morgan fingerprint density at radius 1 is 1.17 bits per heavy atom. The van der Waals surface area contributed by atoms with E-state index in [1.54, 1.807) is 4.90 Å². The van der Waals surface area contributed by atoms with Gasteiger partial charge in [0.25, 0.3) is 0 Å². The van der Waals surface area contributed by atoms with Gasteiger partial charge in [0, 0.05) is 26.6 Å². The van der Waals surface area contributed by atoms with E-state index in [4.69, 9.17) is 19.2 Å². The summed E-state index contributed by atoms with van der Waals surface area (Å²) in [5.41, 5.74) is 1.82. The molecule has 3 heterocycles. The average molecular weight is 592 g/mol. The number of rotatable bonds is 7. The highest BCUT2D eigenvalue weighted by atomic mass is 32.2. The minimum Gasteiger partial charge on any atom is -0.469 e. The molecule has 2 aliphatic heterocycles. The van der Waals surface area contributed by atoms with Crippen molar-refractivity contribution in [1.82, 2.24) is 14.9 Å². The molecule has 1 amide bonds. The van der Waals surface area contributed by atoms with Gasteiger partial charge in [0.2, 0.25) is 5.88 Å². The minimum atomic E-state index is -0.715. The van der Waals surface area contributed by atoms with E-state index in [1.165, 1.54) is 36.9 Å². The number of hydrogen-bond acceptors (Lipinski definition) is 10. The van der Waals surface area contributed by atoms with Crippen LogP contribution in [0.1, 0.15) is 42.6 Å². The fourth-order valence-corrected chi connectivity index (χ4v) is 5.57. The minimum absolute atomic E-state index is 0.116. The lowest BCUT2D eigenvalue weighted by atomic mass is 9.97. The molecule has 42 heavy (non-hydrogen) atoms. The Hall–Kier alpha value is -4.37. The van der Waals surface area contributed by atoms with Crippen molar-refractivity contribution in [3.63, 3.8) is 0 Å². The molecule has 0 N–H and O–H groups in total. The summed E-state index contributed by atoms with van der Waals surface area (Å²) in [6.45, 7) is 2.59. The predicted molar refractivity (Wildman–Crippen MR) is 153 cm³/mol. The van der Waals surface area contributed by atoms with Crippen molar-refractivity contribution < 1.29 is 28.2 Å². The predicted octanol–water partition coefficient (Wildman–Crippen LogP) is 5.07. The van der Waals surface area contributed by atoms with E-state index < -0.39 is 30.0 Å². The summed E-state index contributed by atoms with van der Waals surface area (Å²) in [5, 5.41) is 10.0. The van der Waals surface area contributed by atoms with Crippen molar-refractivity contribution in [3.8, 4) is 17.7 Å². The summed E-state index contributed by atoms with van der Waals surface area (Å²) in [6.07, 6.45) is 1.69. The van der Waals surface area contributed by atoms with Crippen molar-refractivity contribution in [2.75, 3.05) is 30.8 Å². The molecular weight excluding hydrogens is 561 g/mol. The maximum absolute atomic E-state index is 15.0. The van der Waals surface area contributed by atoms with Gasteiger partial charge in [0.05, 0.1) is 29.7 Å². The van der Waals surface area contributed by atoms with Crippen LogP contribution in [0.3, 0.4) is 0 Å². The number of amides is 1. The molecule has 0 radical (unpaired) electrons. The summed E-state index contributed by atoms with van der Waals surface area (Å²) < 4.78 is 32.0. The Morgan fingerprint density at radius 2 is 1.98 bits per heavy atom. The number of anilines is 1. The standard InChI is InChI=1S/C30H30FN5O5S/c1-19(37)40-24-10-6-9-23(31)26(24)25-12-11-22-27(33-29(42-2)34-28(22)41-25)35-15-16-36(21(17-35)13-14-32)30(38)39-18-20-7-4-3-5-8-20/h3-10,21,25H,11-13,15-18H2,1-2H3/t21-,25?/m0/s1. The van der Waals surface area contributed by atoms with Crippen LogP contribution in [0, 0.1) is 17.1 Å². The average Bonchev–Trinajstić information content (AvgIpc) is 2.99. The van der Waals surface area contributed by atoms with Crippen molar-refractivity contribution in [1.29, 1.82) is 5.26 Å². The number of piperazine rings is 1. The third-order valence-electron chi connectivity index (χ3n) is 7.16. The zero-order valence-corrected chi connectivity index (χ0v) is 24.1. The number of thioether (sulfide) groups is 1. The van der Waals surface area contributed by atoms with E-state index in [9.17, 15) is 19.2 Å². The molecule has 1 aromatic heterocycles. The summed E-state index contributed by atoms with van der Waals surface area (Å²) in [5.74, 6) is 0.0272. The van der Waals surface area contributed by atoms with E-state index in [0.717, 1.165) is 11.1 Å². The highest BCUT2D eigenvalue weighted by molar-refractivity contribution is 7.98. The normalized spacial score (nSPS) is 18.0. The van der Waals surface area contributed by atoms with Gasteiger partial charge < -0.3 is 24.0 Å². The van der Waals surface area contributed by atoms with E-state index in [1.807, 2.05) is 41.5 Å². The fraction of sp³-hybridized carbons (Fsp3) is 0.367. The van der Waals surface area contributed by atoms with E-state index in [-0.39, 0.29) is 24.3 Å². The lowest BCUT2D eigenvalue weighted by Crippen LogP contribution is -2.55. The van der Waals surface area contributed by atoms with E-state index in [0.29, 0.717) is 49.3 Å². The second-order valence-electron chi connectivity index (χ2n) is 9.90. The smallest absolute Gasteiger partial charge is 0.410 e. The van der Waals surface area contributed by atoms with Crippen molar-refractivity contribution in [2.45, 2.75) is 50.1 Å². The number of halogens is 1. The molecule has 0 aliphatic carbocycles. The topological polar surface area (TPSA) is 118 Å². The number of carbonyl (C=O) groups is 2. The Kier molecular flexibility index (Phi) is 9.07. The number of nitrogens with zero attached hydrogens (tertiary/aromatic N) is 5. The van der Waals surface area contributed by atoms with Gasteiger partial charge >= 0.3 is 12.1 Å². The molecule has 5 rings (SSSR count). The number of nitriles is 1. The van der Waals surface area contributed by atoms with Crippen molar-refractivity contribution in [2.24, 2.45) is 0 Å². The van der Waals surface area contributed by atoms with E-state index >= 15 is 0 Å². The summed E-state index contributed by atoms with van der Waals surface area (Å²) in [6, 6.07) is 15.5. The Balaban J connectivity index is 1.37. The zero-order chi connectivity index (χ0) is 29.6. The molecule has 12 heteroatoms. The first-order chi connectivity index (χ1) is 20.4. The van der Waals surface area contributed by atoms with Crippen LogP contribution in [0.15, 0.2) is 53.7 Å². The van der Waals surface area contributed by atoms with Gasteiger partial charge in [0.15, 0.2) is 5.16 Å². The van der Waals surface area contributed by atoms with Crippen molar-refractivity contribution in [3.05, 3.63) is 71.0 Å². The highest BCUT2D eigenvalue weighted by Gasteiger charge is 2.36. The monoisotopic (exact) mass is 591 g/mol. The van der Waals surface area contributed by atoms with Crippen LogP contribution in [0.25, 0.3) is 0 Å². The van der Waals surface area contributed by atoms with Gasteiger partial charge in [-0.1, -0.05) is 48.2 Å². The van der Waals surface area contributed by atoms with Gasteiger partial charge in [0.1, 0.15) is 30.1 Å². The Labute approximate surface area is 247 Å². The van der Waals surface area contributed by atoms with Crippen LogP contribution < -0.4 is 14.4 Å². The first-order valence-corrected chi connectivity index (χ1v) is 14.8. The molecule has 0 saturated carbocycles. The molecule has 1 fully saturated rings. The molecule has 2 atom stereocenters. The Bertz CT molecular complexity index is 1500. The maximum atomic E-state index is 15.0. The number of hydrogen-bond donors (Lipinski definition) is 0.